The zero-order valence-corrected chi connectivity index (χ0v) is 12.4. The van der Waals surface area contributed by atoms with Crippen LogP contribution < -0.4 is 5.32 Å². The lowest BCUT2D eigenvalue weighted by molar-refractivity contribution is -0.124. The first kappa shape index (κ1) is 13.8. The minimum atomic E-state index is -3.61. The van der Waals surface area contributed by atoms with Crippen LogP contribution in [0.5, 0.6) is 0 Å². The molecule has 1 heterocycles. The Morgan fingerprint density at radius 2 is 1.95 bits per heavy atom. The lowest BCUT2D eigenvalue weighted by Gasteiger charge is -2.43. The molecular weight excluding hydrogens is 274 g/mol. The number of ketones is 1. The monoisotopic (exact) mass is 293 g/mol. The van der Waals surface area contributed by atoms with Gasteiger partial charge in [0, 0.05) is 12.5 Å². The number of hydrogen-bond donors (Lipinski definition) is 1. The van der Waals surface area contributed by atoms with Crippen molar-refractivity contribution in [2.75, 3.05) is 6.54 Å². The molecule has 2 fully saturated rings. The summed E-state index contributed by atoms with van der Waals surface area (Å²) >= 11 is 0. The van der Waals surface area contributed by atoms with Gasteiger partial charge in [-0.25, -0.2) is 8.42 Å². The summed E-state index contributed by atoms with van der Waals surface area (Å²) < 4.78 is 24.8. The Morgan fingerprint density at radius 3 is 2.65 bits per heavy atom. The van der Waals surface area contributed by atoms with Crippen molar-refractivity contribution in [3.63, 3.8) is 0 Å². The summed E-state index contributed by atoms with van der Waals surface area (Å²) in [6.45, 7) is 2.52. The maximum Gasteiger partial charge on any atom is 0.191 e. The number of nitrogens with one attached hydrogen (secondary N) is 1. The first-order chi connectivity index (χ1) is 9.46. The molecule has 1 aromatic rings. The number of sulfone groups is 1. The van der Waals surface area contributed by atoms with Gasteiger partial charge in [0.05, 0.1) is 4.90 Å². The van der Waals surface area contributed by atoms with E-state index in [4.69, 9.17) is 0 Å². The second-order valence-corrected chi connectivity index (χ2v) is 8.14. The van der Waals surface area contributed by atoms with Crippen LogP contribution >= 0.6 is 0 Å². The smallest absolute Gasteiger partial charge is 0.191 e. The molecule has 2 bridgehead atoms. The molecule has 0 amide bonds. The Kier molecular flexibility index (Phi) is 3.21. The van der Waals surface area contributed by atoms with E-state index in [2.05, 4.69) is 5.32 Å². The first-order valence-electron chi connectivity index (χ1n) is 7.04. The average Bonchev–Trinajstić information content (AvgIpc) is 2.44. The van der Waals surface area contributed by atoms with Gasteiger partial charge in [-0.05, 0) is 44.9 Å². The van der Waals surface area contributed by atoms with Crippen molar-refractivity contribution in [3.8, 4) is 0 Å². The van der Waals surface area contributed by atoms with Gasteiger partial charge in [-0.15, -0.1) is 0 Å². The van der Waals surface area contributed by atoms with Crippen molar-refractivity contribution in [2.45, 2.75) is 48.3 Å². The summed E-state index contributed by atoms with van der Waals surface area (Å²) in [4.78, 5) is 12.7. The molecule has 0 radical (unpaired) electrons. The molecular formula is C15H19NO3S. The molecule has 0 spiro atoms. The van der Waals surface area contributed by atoms with E-state index in [1.54, 1.807) is 24.3 Å². The van der Waals surface area contributed by atoms with Gasteiger partial charge < -0.3 is 5.32 Å². The average molecular weight is 293 g/mol. The fourth-order valence-electron chi connectivity index (χ4n) is 3.38. The third-order valence-electron chi connectivity index (χ3n) is 4.61. The SMILES string of the molecule is Cc1ccc(S(=O)(=O)[C@]23CCN[C@@H](CCC2=O)C3)cc1. The van der Waals surface area contributed by atoms with Crippen molar-refractivity contribution in [2.24, 2.45) is 0 Å². The molecule has 1 saturated carbocycles. The van der Waals surface area contributed by atoms with E-state index >= 15 is 0 Å². The number of Topliss-reactive ketones (excluding diaryl/α,β-unsaturated/α-hetero) is 1. The minimum Gasteiger partial charge on any atom is -0.314 e. The number of fused-ring (bicyclic) bond motifs is 2. The van der Waals surface area contributed by atoms with Gasteiger partial charge in [-0.2, -0.15) is 0 Å². The Bertz CT molecular complexity index is 636. The fraction of sp³-hybridized carbons (Fsp3) is 0.533. The highest BCUT2D eigenvalue weighted by molar-refractivity contribution is 7.93. The van der Waals surface area contributed by atoms with Crippen LogP contribution in [0.3, 0.4) is 0 Å². The summed E-state index contributed by atoms with van der Waals surface area (Å²) in [6, 6.07) is 6.98. The summed E-state index contributed by atoms with van der Waals surface area (Å²) in [6.07, 6.45) is 1.92. The van der Waals surface area contributed by atoms with Crippen molar-refractivity contribution < 1.29 is 13.2 Å². The first-order valence-corrected chi connectivity index (χ1v) is 8.52. The highest BCUT2D eigenvalue weighted by Gasteiger charge is 2.55. The quantitative estimate of drug-likeness (QED) is 0.900. The van der Waals surface area contributed by atoms with Gasteiger partial charge in [0.15, 0.2) is 15.6 Å². The predicted molar refractivity (Wildman–Crippen MR) is 76.4 cm³/mol. The summed E-state index contributed by atoms with van der Waals surface area (Å²) in [5, 5.41) is 3.31. The van der Waals surface area contributed by atoms with Crippen molar-refractivity contribution >= 4 is 15.6 Å². The number of aryl methyl sites for hydroxylation is 1. The van der Waals surface area contributed by atoms with E-state index in [9.17, 15) is 13.2 Å². The van der Waals surface area contributed by atoms with Gasteiger partial charge in [-0.3, -0.25) is 4.79 Å². The van der Waals surface area contributed by atoms with E-state index in [0.29, 0.717) is 25.8 Å². The molecule has 108 valence electrons. The van der Waals surface area contributed by atoms with E-state index in [1.165, 1.54) is 0 Å². The number of hydrogen-bond acceptors (Lipinski definition) is 4. The van der Waals surface area contributed by atoms with Crippen LogP contribution in [0.4, 0.5) is 0 Å². The molecule has 4 nitrogen and oxygen atoms in total. The number of carbonyl (C=O) groups is 1. The molecule has 1 aliphatic heterocycles. The second kappa shape index (κ2) is 4.67. The minimum absolute atomic E-state index is 0.101. The van der Waals surface area contributed by atoms with Crippen LogP contribution in [0.1, 0.15) is 31.2 Å². The molecule has 5 heteroatoms. The van der Waals surface area contributed by atoms with Crippen LogP contribution in [0.15, 0.2) is 29.2 Å². The Balaban J connectivity index is 2.08. The molecule has 0 aromatic heterocycles. The lowest BCUT2D eigenvalue weighted by atomic mass is 9.79. The maximum atomic E-state index is 13.0. The highest BCUT2D eigenvalue weighted by Crippen LogP contribution is 2.41. The summed E-state index contributed by atoms with van der Waals surface area (Å²) in [5.74, 6) is -0.101. The van der Waals surface area contributed by atoms with E-state index in [0.717, 1.165) is 12.0 Å². The van der Waals surface area contributed by atoms with Crippen LogP contribution in [0, 0.1) is 6.92 Å². The van der Waals surface area contributed by atoms with Crippen LogP contribution in [0.25, 0.3) is 0 Å². The number of carbonyl (C=O) groups excluding carboxylic acids is 1. The molecule has 1 saturated heterocycles. The molecule has 0 unspecified atom stereocenters. The van der Waals surface area contributed by atoms with Gasteiger partial charge in [-0.1, -0.05) is 17.7 Å². The van der Waals surface area contributed by atoms with Crippen LogP contribution in [0.2, 0.25) is 0 Å². The van der Waals surface area contributed by atoms with Crippen LogP contribution in [-0.2, 0) is 14.6 Å². The third-order valence-corrected chi connectivity index (χ3v) is 7.13. The lowest BCUT2D eigenvalue weighted by Crippen LogP contribution is -2.59. The zero-order valence-electron chi connectivity index (χ0n) is 11.6. The topological polar surface area (TPSA) is 63.2 Å². The predicted octanol–water partition coefficient (Wildman–Crippen LogP) is 1.62. The molecule has 1 aliphatic carbocycles. The molecule has 2 aliphatic rings. The molecule has 3 rings (SSSR count). The van der Waals surface area contributed by atoms with Gasteiger partial charge in [0.25, 0.3) is 0 Å². The van der Waals surface area contributed by atoms with Gasteiger partial charge in [0.2, 0.25) is 0 Å². The number of rotatable bonds is 2. The number of benzene rings is 1. The van der Waals surface area contributed by atoms with E-state index < -0.39 is 14.6 Å². The van der Waals surface area contributed by atoms with Crippen LogP contribution in [-0.4, -0.2) is 31.5 Å². The standard InChI is InChI=1S/C15H19NO3S/c1-11-2-5-13(6-3-11)20(18,19)15-8-9-16-12(10-15)4-7-14(15)17/h2-3,5-6,12,16H,4,7-10H2,1H3/t12-,15-/m0/s1. The zero-order chi connectivity index (χ0) is 14.4. The second-order valence-electron chi connectivity index (χ2n) is 5.88. The van der Waals surface area contributed by atoms with Gasteiger partial charge >= 0.3 is 0 Å². The molecule has 1 N–H and O–H groups in total. The normalized spacial score (nSPS) is 30.2. The molecule has 2 atom stereocenters. The fourth-order valence-corrected chi connectivity index (χ4v) is 5.52. The molecule has 20 heavy (non-hydrogen) atoms. The van der Waals surface area contributed by atoms with Crippen molar-refractivity contribution in [3.05, 3.63) is 29.8 Å². The van der Waals surface area contributed by atoms with E-state index in [1.807, 2.05) is 6.92 Å². The summed E-state index contributed by atoms with van der Waals surface area (Å²) in [5.41, 5.74) is 1.01. The largest absolute Gasteiger partial charge is 0.314 e. The number of piperidine rings is 1. The Hall–Kier alpha value is -1.20. The summed E-state index contributed by atoms with van der Waals surface area (Å²) in [7, 11) is -3.61. The highest BCUT2D eigenvalue weighted by atomic mass is 32.2. The Morgan fingerprint density at radius 1 is 1.25 bits per heavy atom. The van der Waals surface area contributed by atoms with E-state index in [-0.39, 0.29) is 16.7 Å². The maximum absolute atomic E-state index is 13.0. The Labute approximate surface area is 119 Å². The van der Waals surface area contributed by atoms with Crippen molar-refractivity contribution in [1.82, 2.24) is 5.32 Å². The van der Waals surface area contributed by atoms with Gasteiger partial charge in [0.1, 0.15) is 4.75 Å². The van der Waals surface area contributed by atoms with Crippen molar-refractivity contribution in [1.29, 1.82) is 0 Å². The third kappa shape index (κ3) is 1.91. The molecule has 1 aromatic carbocycles.